The number of aromatic nitrogens is 1. The van der Waals surface area contributed by atoms with Gasteiger partial charge < -0.3 is 14.8 Å². The predicted molar refractivity (Wildman–Crippen MR) is 112 cm³/mol. The topological polar surface area (TPSA) is 97.8 Å². The zero-order valence-corrected chi connectivity index (χ0v) is 18.5. The number of rotatable bonds is 7. The summed E-state index contributed by atoms with van der Waals surface area (Å²) >= 11 is 1.33. The fourth-order valence-electron chi connectivity index (χ4n) is 3.08. The molecule has 1 aromatic carbocycles. The van der Waals surface area contributed by atoms with E-state index in [1.165, 1.54) is 15.6 Å². The van der Waals surface area contributed by atoms with Crippen molar-refractivity contribution in [3.63, 3.8) is 0 Å². The van der Waals surface area contributed by atoms with Crippen LogP contribution in [-0.4, -0.2) is 49.6 Å². The van der Waals surface area contributed by atoms with Gasteiger partial charge in [0.1, 0.15) is 0 Å². The molecule has 3 rings (SSSR count). The van der Waals surface area contributed by atoms with Gasteiger partial charge >= 0.3 is 0 Å². The van der Waals surface area contributed by atoms with E-state index in [-0.39, 0.29) is 12.3 Å². The van der Waals surface area contributed by atoms with E-state index in [1.54, 1.807) is 40.2 Å². The molecule has 0 spiro atoms. The Kier molecular flexibility index (Phi) is 6.45. The average molecular weight is 440 g/mol. The third kappa shape index (κ3) is 4.71. The van der Waals surface area contributed by atoms with Crippen molar-refractivity contribution >= 4 is 32.4 Å². The Labute approximate surface area is 174 Å². The van der Waals surface area contributed by atoms with E-state index in [1.807, 2.05) is 6.07 Å². The normalized spacial score (nSPS) is 14.5. The predicted octanol–water partition coefficient (Wildman–Crippen LogP) is 2.44. The van der Waals surface area contributed by atoms with Crippen LogP contribution in [0.5, 0.6) is 11.5 Å². The van der Waals surface area contributed by atoms with E-state index >= 15 is 0 Å². The Bertz CT molecular complexity index is 1000. The summed E-state index contributed by atoms with van der Waals surface area (Å²) in [6.07, 6.45) is 0.710. The number of nitrogens with one attached hydrogen (secondary N) is 1. The third-order valence-electron chi connectivity index (χ3n) is 4.71. The zero-order chi connectivity index (χ0) is 21.2. The number of sulfonamides is 1. The number of benzene rings is 1. The lowest BCUT2D eigenvalue weighted by molar-refractivity contribution is -0.115. The second kappa shape index (κ2) is 8.68. The highest BCUT2D eigenvalue weighted by atomic mass is 32.2. The number of hydrogen-bond acceptors (Lipinski definition) is 7. The second-order valence-electron chi connectivity index (χ2n) is 6.98. The van der Waals surface area contributed by atoms with Gasteiger partial charge in [-0.05, 0) is 31.5 Å². The number of fused-ring (bicyclic) bond motifs is 1. The van der Waals surface area contributed by atoms with Crippen LogP contribution in [0.2, 0.25) is 0 Å². The van der Waals surface area contributed by atoms with Crippen molar-refractivity contribution < 1.29 is 22.7 Å². The summed E-state index contributed by atoms with van der Waals surface area (Å²) in [6.45, 7) is 4.07. The lowest BCUT2D eigenvalue weighted by Crippen LogP contribution is -2.39. The molecule has 1 aromatic heterocycles. The molecule has 29 heavy (non-hydrogen) atoms. The molecule has 0 unspecified atom stereocenters. The van der Waals surface area contributed by atoms with Gasteiger partial charge in [0.05, 0.1) is 31.6 Å². The van der Waals surface area contributed by atoms with Crippen LogP contribution in [0.3, 0.4) is 0 Å². The van der Waals surface area contributed by atoms with Gasteiger partial charge in [-0.25, -0.2) is 13.4 Å². The maximum absolute atomic E-state index is 12.4. The van der Waals surface area contributed by atoms with Crippen molar-refractivity contribution in [2.45, 2.75) is 38.5 Å². The van der Waals surface area contributed by atoms with Crippen LogP contribution in [-0.2, 0) is 34.2 Å². The van der Waals surface area contributed by atoms with Crippen LogP contribution >= 0.6 is 11.3 Å². The molecule has 1 amide bonds. The molecule has 0 fully saturated rings. The molecule has 2 heterocycles. The van der Waals surface area contributed by atoms with Crippen molar-refractivity contribution in [1.82, 2.24) is 9.29 Å². The van der Waals surface area contributed by atoms with E-state index in [9.17, 15) is 13.2 Å². The molecular formula is C19H25N3O5S2. The maximum Gasteiger partial charge on any atom is 0.230 e. The second-order valence-corrected chi connectivity index (χ2v) is 10.6. The summed E-state index contributed by atoms with van der Waals surface area (Å²) in [5, 5.41) is 2.85. The third-order valence-corrected chi connectivity index (χ3v) is 7.93. The van der Waals surface area contributed by atoms with Crippen molar-refractivity contribution in [2.75, 3.05) is 26.1 Å². The molecule has 8 nitrogen and oxygen atoms in total. The summed E-state index contributed by atoms with van der Waals surface area (Å²) < 4.78 is 36.8. The number of amides is 1. The van der Waals surface area contributed by atoms with Crippen molar-refractivity contribution in [3.8, 4) is 11.5 Å². The molecule has 0 aliphatic carbocycles. The molecule has 158 valence electrons. The van der Waals surface area contributed by atoms with Gasteiger partial charge in [0.25, 0.3) is 0 Å². The zero-order valence-electron chi connectivity index (χ0n) is 16.9. The number of methoxy groups -OCH3 is 2. The molecule has 0 atom stereocenters. The summed E-state index contributed by atoms with van der Waals surface area (Å²) in [7, 11) is -0.203. The number of thiazole rings is 1. The van der Waals surface area contributed by atoms with Gasteiger partial charge in [-0.3, -0.25) is 4.79 Å². The standard InChI is InChI=1S/C19H25N3O5S2/c1-12(2)29(24,25)22-8-7-14-17(11-22)28-19(20-14)21-18(23)10-13-5-6-15(26-3)16(9-13)27-4/h5-6,9,12H,7-8,10-11H2,1-4H3,(H,20,21,23). The Hall–Kier alpha value is -2.17. The van der Waals surface area contributed by atoms with E-state index in [0.29, 0.717) is 36.1 Å². The molecule has 10 heteroatoms. The fourth-order valence-corrected chi connectivity index (χ4v) is 5.45. The molecular weight excluding hydrogens is 414 g/mol. The number of hydrogen-bond donors (Lipinski definition) is 1. The van der Waals surface area contributed by atoms with Crippen LogP contribution < -0.4 is 14.8 Å². The number of anilines is 1. The number of nitrogens with zero attached hydrogens (tertiary/aromatic N) is 2. The summed E-state index contributed by atoms with van der Waals surface area (Å²) in [6, 6.07) is 5.33. The Balaban J connectivity index is 1.67. The van der Waals surface area contributed by atoms with Gasteiger partial charge in [0.2, 0.25) is 15.9 Å². The van der Waals surface area contributed by atoms with E-state index < -0.39 is 15.3 Å². The Morgan fingerprint density at radius 3 is 2.66 bits per heavy atom. The lowest BCUT2D eigenvalue weighted by atomic mass is 10.1. The first kappa shape index (κ1) is 21.5. The average Bonchev–Trinajstić information content (AvgIpc) is 3.08. The van der Waals surface area contributed by atoms with Crippen LogP contribution in [0, 0.1) is 0 Å². The maximum atomic E-state index is 12.4. The minimum atomic E-state index is -3.31. The largest absolute Gasteiger partial charge is 0.493 e. The van der Waals surface area contributed by atoms with Crippen LogP contribution in [0.1, 0.15) is 30.0 Å². The molecule has 1 aliphatic rings. The number of carbonyl (C=O) groups is 1. The first-order chi connectivity index (χ1) is 13.7. The van der Waals surface area contributed by atoms with Crippen LogP contribution in [0.25, 0.3) is 0 Å². The van der Waals surface area contributed by atoms with Gasteiger partial charge in [0, 0.05) is 24.4 Å². The first-order valence-electron chi connectivity index (χ1n) is 9.23. The molecule has 0 saturated carbocycles. The van der Waals surface area contributed by atoms with Crippen molar-refractivity contribution in [3.05, 3.63) is 34.3 Å². The molecule has 0 radical (unpaired) electrons. The Morgan fingerprint density at radius 2 is 2.00 bits per heavy atom. The highest BCUT2D eigenvalue weighted by Gasteiger charge is 2.31. The minimum Gasteiger partial charge on any atom is -0.493 e. The molecule has 0 bridgehead atoms. The SMILES string of the molecule is COc1ccc(CC(=O)Nc2nc3c(s2)CN(S(=O)(=O)C(C)C)CC3)cc1OC. The molecule has 1 aliphatic heterocycles. The summed E-state index contributed by atoms with van der Waals surface area (Å²) in [4.78, 5) is 17.8. The molecule has 2 aromatic rings. The van der Waals surface area contributed by atoms with Gasteiger partial charge in [-0.1, -0.05) is 6.07 Å². The monoisotopic (exact) mass is 439 g/mol. The smallest absolute Gasteiger partial charge is 0.230 e. The molecule has 1 N–H and O–H groups in total. The lowest BCUT2D eigenvalue weighted by Gasteiger charge is -2.26. The minimum absolute atomic E-state index is 0.165. The van der Waals surface area contributed by atoms with E-state index in [0.717, 1.165) is 16.1 Å². The number of ether oxygens (including phenoxy) is 2. The van der Waals surface area contributed by atoms with Gasteiger partial charge in [-0.2, -0.15) is 4.31 Å². The highest BCUT2D eigenvalue weighted by Crippen LogP contribution is 2.31. The van der Waals surface area contributed by atoms with E-state index in [4.69, 9.17) is 9.47 Å². The van der Waals surface area contributed by atoms with Crippen molar-refractivity contribution in [2.24, 2.45) is 0 Å². The van der Waals surface area contributed by atoms with Crippen LogP contribution in [0.4, 0.5) is 5.13 Å². The first-order valence-corrected chi connectivity index (χ1v) is 11.5. The number of carbonyl (C=O) groups excluding carboxylic acids is 1. The Morgan fingerprint density at radius 1 is 1.28 bits per heavy atom. The fraction of sp³-hybridized carbons (Fsp3) is 0.474. The van der Waals surface area contributed by atoms with Crippen LogP contribution in [0.15, 0.2) is 18.2 Å². The van der Waals surface area contributed by atoms with Gasteiger partial charge in [0.15, 0.2) is 16.6 Å². The van der Waals surface area contributed by atoms with E-state index in [2.05, 4.69) is 10.3 Å². The van der Waals surface area contributed by atoms with Crippen molar-refractivity contribution in [1.29, 1.82) is 0 Å². The highest BCUT2D eigenvalue weighted by molar-refractivity contribution is 7.89. The quantitative estimate of drug-likeness (QED) is 0.712. The van der Waals surface area contributed by atoms with Gasteiger partial charge in [-0.15, -0.1) is 11.3 Å². The molecule has 0 saturated heterocycles. The summed E-state index contributed by atoms with van der Waals surface area (Å²) in [5.41, 5.74) is 1.64. The summed E-state index contributed by atoms with van der Waals surface area (Å²) in [5.74, 6) is 0.967.